The van der Waals surface area contributed by atoms with Crippen molar-refractivity contribution in [3.05, 3.63) is 54.1 Å². The third-order valence-electron chi connectivity index (χ3n) is 4.63. The van der Waals surface area contributed by atoms with E-state index in [-0.39, 0.29) is 23.6 Å². The molecule has 130 valence electrons. The van der Waals surface area contributed by atoms with E-state index >= 15 is 0 Å². The molecule has 0 radical (unpaired) electrons. The van der Waals surface area contributed by atoms with Crippen LogP contribution in [0.4, 0.5) is 0 Å². The maximum absolute atomic E-state index is 12.4. The second kappa shape index (κ2) is 7.38. The first-order valence-corrected chi connectivity index (χ1v) is 8.47. The monoisotopic (exact) mass is 338 g/mol. The molecule has 2 aromatic carbocycles. The predicted octanol–water partition coefficient (Wildman–Crippen LogP) is 2.80. The third kappa shape index (κ3) is 4.18. The van der Waals surface area contributed by atoms with E-state index < -0.39 is 0 Å². The van der Waals surface area contributed by atoms with Crippen LogP contribution in [0.1, 0.15) is 29.6 Å². The maximum atomic E-state index is 12.4. The molecule has 0 bridgehead atoms. The van der Waals surface area contributed by atoms with Gasteiger partial charge < -0.3 is 15.3 Å². The number of nitrogens with zero attached hydrogens (tertiary/aromatic N) is 1. The zero-order valence-electron chi connectivity index (χ0n) is 14.2. The standard InChI is InChI=1S/C20H22N2O3/c1-22-13-12-17(8-11-19(22)24)21-20(25)16-4-2-14(3-5-16)15-6-9-18(23)10-7-15/h2-7,9-10,17,23H,8,11-13H2,1H3,(H,21,25). The van der Waals surface area contributed by atoms with Gasteiger partial charge in [-0.25, -0.2) is 0 Å². The summed E-state index contributed by atoms with van der Waals surface area (Å²) in [7, 11) is 1.80. The molecule has 2 aromatic rings. The lowest BCUT2D eigenvalue weighted by Gasteiger charge is -2.17. The number of carbonyl (C=O) groups is 2. The Balaban J connectivity index is 1.64. The highest BCUT2D eigenvalue weighted by molar-refractivity contribution is 5.95. The van der Waals surface area contributed by atoms with E-state index in [4.69, 9.17) is 0 Å². The number of carbonyl (C=O) groups excluding carboxylic acids is 2. The largest absolute Gasteiger partial charge is 0.508 e. The molecule has 5 nitrogen and oxygen atoms in total. The molecule has 2 amide bonds. The number of phenolic OH excluding ortho intramolecular Hbond substituents is 1. The normalized spacial score (nSPS) is 17.9. The molecule has 0 aromatic heterocycles. The van der Waals surface area contributed by atoms with Crippen LogP contribution in [0.3, 0.4) is 0 Å². The Kier molecular flexibility index (Phi) is 5.03. The van der Waals surface area contributed by atoms with E-state index in [0.29, 0.717) is 24.9 Å². The van der Waals surface area contributed by atoms with E-state index in [0.717, 1.165) is 17.5 Å². The molecular weight excluding hydrogens is 316 g/mol. The second-order valence-electron chi connectivity index (χ2n) is 6.44. The minimum Gasteiger partial charge on any atom is -0.508 e. The number of benzene rings is 2. The van der Waals surface area contributed by atoms with E-state index in [1.54, 1.807) is 36.2 Å². The van der Waals surface area contributed by atoms with Gasteiger partial charge in [-0.05, 0) is 48.2 Å². The Hall–Kier alpha value is -2.82. The number of likely N-dealkylation sites (tertiary alicyclic amines) is 1. The minimum absolute atomic E-state index is 0.0261. The van der Waals surface area contributed by atoms with Gasteiger partial charge in [-0.2, -0.15) is 0 Å². The summed E-state index contributed by atoms with van der Waals surface area (Å²) in [5.74, 6) is 0.251. The van der Waals surface area contributed by atoms with Gasteiger partial charge >= 0.3 is 0 Å². The average molecular weight is 338 g/mol. The number of hydrogen-bond acceptors (Lipinski definition) is 3. The van der Waals surface area contributed by atoms with Crippen molar-refractivity contribution < 1.29 is 14.7 Å². The molecule has 1 atom stereocenters. The Bertz CT molecular complexity index is 754. The number of rotatable bonds is 3. The van der Waals surface area contributed by atoms with Crippen molar-refractivity contribution in [2.24, 2.45) is 0 Å². The van der Waals surface area contributed by atoms with Crippen molar-refractivity contribution in [2.45, 2.75) is 25.3 Å². The van der Waals surface area contributed by atoms with E-state index in [2.05, 4.69) is 5.32 Å². The Labute approximate surface area is 147 Å². The van der Waals surface area contributed by atoms with Crippen molar-refractivity contribution in [3.8, 4) is 16.9 Å². The number of hydrogen-bond donors (Lipinski definition) is 2. The van der Waals surface area contributed by atoms with Gasteiger partial charge in [-0.15, -0.1) is 0 Å². The summed E-state index contributed by atoms with van der Waals surface area (Å²) < 4.78 is 0. The Morgan fingerprint density at radius 2 is 1.64 bits per heavy atom. The molecule has 5 heteroatoms. The van der Waals surface area contributed by atoms with Gasteiger partial charge in [0.2, 0.25) is 5.91 Å². The lowest BCUT2D eigenvalue weighted by Crippen LogP contribution is -2.35. The summed E-state index contributed by atoms with van der Waals surface area (Å²) in [5, 5.41) is 12.4. The fraction of sp³-hybridized carbons (Fsp3) is 0.300. The fourth-order valence-corrected chi connectivity index (χ4v) is 2.99. The zero-order chi connectivity index (χ0) is 17.8. The zero-order valence-corrected chi connectivity index (χ0v) is 14.2. The Morgan fingerprint density at radius 3 is 2.28 bits per heavy atom. The highest BCUT2D eigenvalue weighted by atomic mass is 16.3. The van der Waals surface area contributed by atoms with Crippen LogP contribution >= 0.6 is 0 Å². The van der Waals surface area contributed by atoms with Gasteiger partial charge in [0.25, 0.3) is 5.91 Å². The van der Waals surface area contributed by atoms with Gasteiger partial charge in [-0.1, -0.05) is 24.3 Å². The number of nitrogens with one attached hydrogen (secondary N) is 1. The molecule has 3 rings (SSSR count). The molecule has 1 unspecified atom stereocenters. The average Bonchev–Trinajstić information content (AvgIpc) is 2.78. The molecular formula is C20H22N2O3. The quantitative estimate of drug-likeness (QED) is 0.904. The van der Waals surface area contributed by atoms with Crippen LogP contribution in [-0.4, -0.2) is 41.5 Å². The SMILES string of the molecule is CN1CCC(NC(=O)c2ccc(-c3ccc(O)cc3)cc2)CCC1=O. The highest BCUT2D eigenvalue weighted by Crippen LogP contribution is 2.22. The van der Waals surface area contributed by atoms with Crippen LogP contribution in [0.25, 0.3) is 11.1 Å². The van der Waals surface area contributed by atoms with Crippen molar-refractivity contribution in [3.63, 3.8) is 0 Å². The molecule has 0 spiro atoms. The summed E-state index contributed by atoms with van der Waals surface area (Å²) in [4.78, 5) is 25.9. The van der Waals surface area contributed by atoms with Gasteiger partial charge in [0, 0.05) is 31.6 Å². The van der Waals surface area contributed by atoms with Crippen LogP contribution in [0.2, 0.25) is 0 Å². The molecule has 1 aliphatic rings. The van der Waals surface area contributed by atoms with Crippen LogP contribution in [0.5, 0.6) is 5.75 Å². The molecule has 1 heterocycles. The van der Waals surface area contributed by atoms with Crippen molar-refractivity contribution >= 4 is 11.8 Å². The summed E-state index contributed by atoms with van der Waals surface area (Å²) in [6.07, 6.45) is 1.93. The van der Waals surface area contributed by atoms with Crippen LogP contribution in [0, 0.1) is 0 Å². The van der Waals surface area contributed by atoms with Crippen molar-refractivity contribution in [2.75, 3.05) is 13.6 Å². The van der Waals surface area contributed by atoms with E-state index in [1.165, 1.54) is 0 Å². The molecule has 0 aliphatic carbocycles. The molecule has 2 N–H and O–H groups in total. The maximum Gasteiger partial charge on any atom is 0.251 e. The van der Waals surface area contributed by atoms with E-state index in [9.17, 15) is 14.7 Å². The predicted molar refractivity (Wildman–Crippen MR) is 96.3 cm³/mol. The van der Waals surface area contributed by atoms with Gasteiger partial charge in [0.1, 0.15) is 5.75 Å². The van der Waals surface area contributed by atoms with Crippen LogP contribution in [0.15, 0.2) is 48.5 Å². The topological polar surface area (TPSA) is 69.6 Å². The van der Waals surface area contributed by atoms with Gasteiger partial charge in [0.15, 0.2) is 0 Å². The first-order valence-electron chi connectivity index (χ1n) is 8.47. The van der Waals surface area contributed by atoms with Crippen molar-refractivity contribution in [1.29, 1.82) is 0 Å². The summed E-state index contributed by atoms with van der Waals surface area (Å²) in [6, 6.07) is 14.4. The smallest absolute Gasteiger partial charge is 0.251 e. The van der Waals surface area contributed by atoms with Crippen LogP contribution < -0.4 is 5.32 Å². The molecule has 1 aliphatic heterocycles. The highest BCUT2D eigenvalue weighted by Gasteiger charge is 2.21. The second-order valence-corrected chi connectivity index (χ2v) is 6.44. The molecule has 0 saturated carbocycles. The molecule has 1 saturated heterocycles. The Morgan fingerprint density at radius 1 is 1.04 bits per heavy atom. The number of phenols is 1. The van der Waals surface area contributed by atoms with Gasteiger partial charge in [0.05, 0.1) is 0 Å². The number of aromatic hydroxyl groups is 1. The van der Waals surface area contributed by atoms with Gasteiger partial charge in [-0.3, -0.25) is 9.59 Å². The lowest BCUT2D eigenvalue weighted by atomic mass is 10.0. The fourth-order valence-electron chi connectivity index (χ4n) is 2.99. The van der Waals surface area contributed by atoms with Crippen LogP contribution in [-0.2, 0) is 4.79 Å². The number of amides is 2. The summed E-state index contributed by atoms with van der Waals surface area (Å²) in [6.45, 7) is 0.670. The first-order chi connectivity index (χ1) is 12.0. The molecule has 25 heavy (non-hydrogen) atoms. The third-order valence-corrected chi connectivity index (χ3v) is 4.63. The minimum atomic E-state index is -0.112. The summed E-state index contributed by atoms with van der Waals surface area (Å²) in [5.41, 5.74) is 2.57. The molecule has 1 fully saturated rings. The van der Waals surface area contributed by atoms with E-state index in [1.807, 2.05) is 24.3 Å². The first kappa shape index (κ1) is 17.0. The lowest BCUT2D eigenvalue weighted by molar-refractivity contribution is -0.129. The van der Waals surface area contributed by atoms with Crippen molar-refractivity contribution in [1.82, 2.24) is 10.2 Å². The summed E-state index contributed by atoms with van der Waals surface area (Å²) >= 11 is 0.